The number of rotatable bonds is 5. The van der Waals surface area contributed by atoms with Crippen molar-refractivity contribution in [3.05, 3.63) is 40.7 Å². The molecule has 0 radical (unpaired) electrons. The number of anilines is 1. The van der Waals surface area contributed by atoms with Crippen LogP contribution < -0.4 is 5.32 Å². The second-order valence-corrected chi connectivity index (χ2v) is 9.77. The van der Waals surface area contributed by atoms with Crippen LogP contribution in [0.15, 0.2) is 24.3 Å². The highest BCUT2D eigenvalue weighted by Gasteiger charge is 2.43. The highest BCUT2D eigenvalue weighted by molar-refractivity contribution is 6.33. The van der Waals surface area contributed by atoms with Crippen LogP contribution in [0, 0.1) is 23.6 Å². The molecule has 1 saturated carbocycles. The monoisotopic (exact) mass is 500 g/mol. The third-order valence-electron chi connectivity index (χ3n) is 6.98. The van der Waals surface area contributed by atoms with Gasteiger partial charge in [-0.3, -0.25) is 0 Å². The Labute approximate surface area is 203 Å². The number of aromatic nitrogens is 2. The van der Waals surface area contributed by atoms with Crippen molar-refractivity contribution in [1.82, 2.24) is 15.1 Å². The van der Waals surface area contributed by atoms with Gasteiger partial charge in [0.25, 0.3) is 0 Å². The zero-order valence-electron chi connectivity index (χ0n) is 20.4. The van der Waals surface area contributed by atoms with E-state index in [0.717, 1.165) is 18.2 Å². The van der Waals surface area contributed by atoms with Gasteiger partial charge in [0.2, 0.25) is 0 Å². The number of nitrogens with zero attached hydrogens (tertiary/aromatic N) is 3. The van der Waals surface area contributed by atoms with E-state index in [9.17, 15) is 17.6 Å². The van der Waals surface area contributed by atoms with Crippen LogP contribution in [0.1, 0.15) is 34.0 Å². The number of alkyl halides is 3. The molecule has 2 unspecified atom stereocenters. The Balaban J connectivity index is 1.29. The molecule has 3 heterocycles. The van der Waals surface area contributed by atoms with Crippen molar-refractivity contribution in [1.29, 1.82) is 0 Å². The first-order valence-corrected chi connectivity index (χ1v) is 11.9. The number of benzene rings is 1. The van der Waals surface area contributed by atoms with Crippen LogP contribution in [-0.4, -0.2) is 53.9 Å². The number of halogens is 5. The number of ether oxygens (including phenoxy) is 1. The quantitative estimate of drug-likeness (QED) is 0.549. The maximum Gasteiger partial charge on any atom is 0.420 e. The summed E-state index contributed by atoms with van der Waals surface area (Å²) in [6.45, 7) is 0.900. The lowest BCUT2D eigenvalue weighted by Gasteiger charge is -2.28. The van der Waals surface area contributed by atoms with E-state index in [4.69, 9.17) is 19.1 Å². The van der Waals surface area contributed by atoms with Crippen molar-refractivity contribution in [2.75, 3.05) is 38.1 Å². The van der Waals surface area contributed by atoms with Gasteiger partial charge in [-0.05, 0) is 67.7 Å². The molecule has 1 aromatic heterocycles. The largest absolute Gasteiger partial charge is 0.420 e. The lowest BCUT2D eigenvalue weighted by atomic mass is 10.00. The van der Waals surface area contributed by atoms with Crippen LogP contribution in [0.5, 0.6) is 0 Å². The fourth-order valence-corrected chi connectivity index (χ4v) is 5.56. The van der Waals surface area contributed by atoms with Crippen molar-refractivity contribution < 1.29 is 25.0 Å². The molecule has 10 heteroatoms. The summed E-state index contributed by atoms with van der Waals surface area (Å²) in [4.78, 5) is 1.91. The van der Waals surface area contributed by atoms with E-state index in [1.54, 1.807) is 0 Å². The van der Waals surface area contributed by atoms with Crippen LogP contribution in [-0.2, 0) is 10.9 Å². The molecule has 3 aliphatic rings. The van der Waals surface area contributed by atoms with E-state index in [2.05, 4.69) is 15.5 Å². The number of hydrogen-bond donors (Lipinski definition) is 1. The van der Waals surface area contributed by atoms with Crippen molar-refractivity contribution >= 4 is 17.4 Å². The summed E-state index contributed by atoms with van der Waals surface area (Å²) >= 11 is 6.05. The first-order valence-electron chi connectivity index (χ1n) is 12.5. The van der Waals surface area contributed by atoms with Gasteiger partial charge in [-0.1, -0.05) is 11.6 Å². The number of fused-ring (bicyclic) bond motifs is 1. The topological polar surface area (TPSA) is 50.3 Å². The Morgan fingerprint density at radius 2 is 1.82 bits per heavy atom. The molecule has 1 N–H and O–H groups in total. The molecule has 2 aliphatic heterocycles. The summed E-state index contributed by atoms with van der Waals surface area (Å²) in [6, 6.07) is 4.03. The standard InChI is InChI=1S/C24H27ClF4N4O/c25-21-2-1-17(26)9-19(21)22-10-20(24(27,28)29)23(32-31-22)30-18-7-15-12-33(13-16(15)8-18)11-14-3-5-34-6-4-14/h1-2,9-10,14-16,18H,3-8,11-13H2,(H,30,32)/i11D2. The predicted molar refractivity (Wildman–Crippen MR) is 121 cm³/mol. The fraction of sp³-hybridized carbons (Fsp3) is 0.583. The zero-order valence-corrected chi connectivity index (χ0v) is 19.2. The van der Waals surface area contributed by atoms with E-state index < -0.39 is 24.1 Å². The van der Waals surface area contributed by atoms with E-state index in [1.165, 1.54) is 6.07 Å². The first-order chi connectivity index (χ1) is 17.0. The van der Waals surface area contributed by atoms with Crippen molar-refractivity contribution in [2.24, 2.45) is 17.8 Å². The van der Waals surface area contributed by atoms with Crippen LogP contribution >= 0.6 is 11.6 Å². The molecule has 1 aliphatic carbocycles. The Kier molecular flexibility index (Phi) is 6.01. The van der Waals surface area contributed by atoms with Crippen molar-refractivity contribution in [2.45, 2.75) is 37.9 Å². The smallest absolute Gasteiger partial charge is 0.381 e. The number of likely N-dealkylation sites (tertiary alicyclic amines) is 1. The summed E-state index contributed by atoms with van der Waals surface area (Å²) in [5, 5.41) is 10.7. The van der Waals surface area contributed by atoms with E-state index in [0.29, 0.717) is 52.0 Å². The molecule has 5 nitrogen and oxygen atoms in total. The van der Waals surface area contributed by atoms with E-state index >= 15 is 0 Å². The molecule has 2 aromatic rings. The minimum Gasteiger partial charge on any atom is -0.381 e. The minimum absolute atomic E-state index is 0.0375. The van der Waals surface area contributed by atoms with Crippen LogP contribution in [0.25, 0.3) is 11.3 Å². The van der Waals surface area contributed by atoms with Crippen LogP contribution in [0.2, 0.25) is 5.02 Å². The Morgan fingerprint density at radius 1 is 1.12 bits per heavy atom. The van der Waals surface area contributed by atoms with Crippen LogP contribution in [0.4, 0.5) is 23.4 Å². The van der Waals surface area contributed by atoms with E-state index in [-0.39, 0.29) is 45.9 Å². The summed E-state index contributed by atoms with van der Waals surface area (Å²) in [5.74, 6) is -0.679. The molecule has 0 bridgehead atoms. The minimum atomic E-state index is -4.70. The van der Waals surface area contributed by atoms with Crippen molar-refractivity contribution in [3.63, 3.8) is 0 Å². The number of hydrogen-bond acceptors (Lipinski definition) is 5. The molecule has 5 rings (SSSR count). The Hall–Kier alpha value is -1.97. The third-order valence-corrected chi connectivity index (χ3v) is 7.31. The Bertz CT molecular complexity index is 1100. The zero-order chi connectivity index (χ0) is 25.7. The lowest BCUT2D eigenvalue weighted by Crippen LogP contribution is -2.32. The van der Waals surface area contributed by atoms with Gasteiger partial charge >= 0.3 is 6.18 Å². The van der Waals surface area contributed by atoms with Gasteiger partial charge in [-0.15, -0.1) is 10.2 Å². The van der Waals surface area contributed by atoms with Gasteiger partial charge in [-0.2, -0.15) is 13.2 Å². The maximum atomic E-state index is 13.9. The number of nitrogens with one attached hydrogen (secondary N) is 1. The average Bonchev–Trinajstić information content (AvgIpc) is 3.40. The first kappa shape index (κ1) is 21.3. The molecule has 2 saturated heterocycles. The molecule has 1 aromatic carbocycles. The maximum absolute atomic E-state index is 13.9. The normalized spacial score (nSPS) is 27.4. The molecule has 0 amide bonds. The molecular weight excluding hydrogens is 472 g/mol. The highest BCUT2D eigenvalue weighted by atomic mass is 35.5. The average molecular weight is 501 g/mol. The second-order valence-electron chi connectivity index (χ2n) is 9.37. The van der Waals surface area contributed by atoms with Crippen LogP contribution in [0.3, 0.4) is 0 Å². The second kappa shape index (κ2) is 9.59. The Morgan fingerprint density at radius 3 is 2.50 bits per heavy atom. The molecule has 34 heavy (non-hydrogen) atoms. The van der Waals surface area contributed by atoms with Gasteiger partial charge in [0, 0.05) is 47.1 Å². The van der Waals surface area contributed by atoms with Crippen molar-refractivity contribution in [3.8, 4) is 11.3 Å². The summed E-state index contributed by atoms with van der Waals surface area (Å²) in [7, 11) is 0. The van der Waals surface area contributed by atoms with Gasteiger partial charge in [-0.25, -0.2) is 4.39 Å². The molecule has 0 spiro atoms. The molecule has 3 fully saturated rings. The van der Waals surface area contributed by atoms with Gasteiger partial charge in [0.1, 0.15) is 11.4 Å². The SMILES string of the molecule is [2H]C([2H])(C1CCOCC1)N1CC2CC(Nc3nnc(-c4cc(F)ccc4Cl)cc3C(F)(F)F)CC2C1. The molecule has 184 valence electrons. The lowest BCUT2D eigenvalue weighted by molar-refractivity contribution is -0.137. The van der Waals surface area contributed by atoms with E-state index in [1.807, 2.05) is 4.90 Å². The third kappa shape index (κ3) is 5.16. The fourth-order valence-electron chi connectivity index (χ4n) is 5.34. The van der Waals surface area contributed by atoms with Gasteiger partial charge in [0.15, 0.2) is 5.82 Å². The molecular formula is C24H27ClF4N4O. The van der Waals surface area contributed by atoms with Gasteiger partial charge < -0.3 is 15.0 Å². The molecule has 2 atom stereocenters. The predicted octanol–water partition coefficient (Wildman–Crippen LogP) is 5.50. The summed E-state index contributed by atoms with van der Waals surface area (Å²) in [5.41, 5.74) is -1.11. The summed E-state index contributed by atoms with van der Waals surface area (Å²) < 4.78 is 78.2. The summed E-state index contributed by atoms with van der Waals surface area (Å²) in [6.07, 6.45) is -2.06. The highest BCUT2D eigenvalue weighted by Crippen LogP contribution is 2.42. The van der Waals surface area contributed by atoms with Gasteiger partial charge in [0.05, 0.1) is 10.7 Å².